The van der Waals surface area contributed by atoms with Crippen molar-refractivity contribution in [1.82, 2.24) is 14.8 Å². The zero-order chi connectivity index (χ0) is 7.84. The molecule has 0 N–H and O–H groups in total. The molecule has 2 rings (SSSR count). The smallest absolute Gasteiger partial charge is 0.136 e. The third kappa shape index (κ3) is 1.04. The molecule has 1 aliphatic rings. The van der Waals surface area contributed by atoms with Crippen LogP contribution in [0.25, 0.3) is 0 Å². The summed E-state index contributed by atoms with van der Waals surface area (Å²) >= 11 is 0. The van der Waals surface area contributed by atoms with Gasteiger partial charge in [-0.2, -0.15) is 0 Å². The highest BCUT2D eigenvalue weighted by Crippen LogP contribution is 2.38. The van der Waals surface area contributed by atoms with Gasteiger partial charge in [-0.3, -0.25) is 0 Å². The van der Waals surface area contributed by atoms with Gasteiger partial charge in [-0.25, -0.2) is 0 Å². The molecule has 1 fully saturated rings. The zero-order valence-electron chi connectivity index (χ0n) is 7.04. The highest BCUT2D eigenvalue weighted by Gasteiger charge is 2.28. The SMILES string of the molecule is CCn1c(C)nnc1C1CC1. The Balaban J connectivity index is 2.36. The summed E-state index contributed by atoms with van der Waals surface area (Å²) in [6.45, 7) is 5.16. The van der Waals surface area contributed by atoms with Crippen LogP contribution in [0.4, 0.5) is 0 Å². The summed E-state index contributed by atoms with van der Waals surface area (Å²) in [5, 5.41) is 8.22. The van der Waals surface area contributed by atoms with Crippen molar-refractivity contribution in [2.75, 3.05) is 0 Å². The number of rotatable bonds is 2. The highest BCUT2D eigenvalue weighted by atomic mass is 15.3. The molecular formula is C8H13N3. The van der Waals surface area contributed by atoms with Crippen molar-refractivity contribution < 1.29 is 0 Å². The first kappa shape index (κ1) is 6.83. The minimum Gasteiger partial charge on any atom is -0.315 e. The van der Waals surface area contributed by atoms with Gasteiger partial charge in [-0.1, -0.05) is 0 Å². The number of aromatic nitrogens is 3. The van der Waals surface area contributed by atoms with Gasteiger partial charge in [-0.05, 0) is 26.7 Å². The van der Waals surface area contributed by atoms with Gasteiger partial charge in [0.25, 0.3) is 0 Å². The molecule has 0 aromatic carbocycles. The minimum absolute atomic E-state index is 0.719. The van der Waals surface area contributed by atoms with Crippen LogP contribution in [0, 0.1) is 6.92 Å². The van der Waals surface area contributed by atoms with Crippen LogP contribution in [0.3, 0.4) is 0 Å². The molecule has 3 nitrogen and oxygen atoms in total. The van der Waals surface area contributed by atoms with Gasteiger partial charge >= 0.3 is 0 Å². The lowest BCUT2D eigenvalue weighted by molar-refractivity contribution is 0.681. The number of nitrogens with zero attached hydrogens (tertiary/aromatic N) is 3. The Kier molecular flexibility index (Phi) is 1.44. The molecule has 0 aliphatic heterocycles. The minimum atomic E-state index is 0.719. The Morgan fingerprint density at radius 2 is 2.18 bits per heavy atom. The lowest BCUT2D eigenvalue weighted by Crippen LogP contribution is -2.01. The van der Waals surface area contributed by atoms with Crippen LogP contribution >= 0.6 is 0 Å². The van der Waals surface area contributed by atoms with Gasteiger partial charge < -0.3 is 4.57 Å². The van der Waals surface area contributed by atoms with E-state index in [1.54, 1.807) is 0 Å². The van der Waals surface area contributed by atoms with E-state index in [9.17, 15) is 0 Å². The van der Waals surface area contributed by atoms with Gasteiger partial charge in [0.15, 0.2) is 0 Å². The first-order chi connectivity index (χ1) is 5.33. The third-order valence-electron chi connectivity index (χ3n) is 2.22. The Morgan fingerprint density at radius 3 is 2.73 bits per heavy atom. The van der Waals surface area contributed by atoms with E-state index in [1.165, 1.54) is 18.7 Å². The maximum absolute atomic E-state index is 4.16. The van der Waals surface area contributed by atoms with Gasteiger partial charge in [0.2, 0.25) is 0 Å². The second-order valence-corrected chi connectivity index (χ2v) is 3.12. The first-order valence-corrected chi connectivity index (χ1v) is 4.22. The fourth-order valence-corrected chi connectivity index (χ4v) is 1.43. The average molecular weight is 151 g/mol. The molecule has 1 saturated carbocycles. The molecule has 1 heterocycles. The van der Waals surface area contributed by atoms with Crippen molar-refractivity contribution in [3.05, 3.63) is 11.6 Å². The van der Waals surface area contributed by atoms with E-state index in [-0.39, 0.29) is 0 Å². The fourth-order valence-electron chi connectivity index (χ4n) is 1.43. The van der Waals surface area contributed by atoms with Gasteiger partial charge in [0.1, 0.15) is 11.6 Å². The van der Waals surface area contributed by atoms with E-state index in [1.807, 2.05) is 6.92 Å². The molecule has 3 heteroatoms. The van der Waals surface area contributed by atoms with E-state index in [4.69, 9.17) is 0 Å². The quantitative estimate of drug-likeness (QED) is 0.641. The maximum atomic E-state index is 4.16. The van der Waals surface area contributed by atoms with E-state index in [0.29, 0.717) is 0 Å². The normalized spacial score (nSPS) is 17.3. The number of aryl methyl sites for hydroxylation is 1. The van der Waals surface area contributed by atoms with Crippen molar-refractivity contribution in [2.45, 2.75) is 39.2 Å². The monoisotopic (exact) mass is 151 g/mol. The van der Waals surface area contributed by atoms with Crippen LogP contribution in [0.5, 0.6) is 0 Å². The van der Waals surface area contributed by atoms with Crippen LogP contribution in [-0.4, -0.2) is 14.8 Å². The standard InChI is InChI=1S/C8H13N3/c1-3-11-6(2)9-10-8(11)7-4-5-7/h7H,3-5H2,1-2H3. The highest BCUT2D eigenvalue weighted by molar-refractivity contribution is 5.07. The molecular weight excluding hydrogens is 138 g/mol. The summed E-state index contributed by atoms with van der Waals surface area (Å²) in [5.41, 5.74) is 0. The molecule has 1 aromatic heterocycles. The summed E-state index contributed by atoms with van der Waals surface area (Å²) in [5.74, 6) is 2.97. The van der Waals surface area contributed by atoms with Crippen molar-refractivity contribution in [2.24, 2.45) is 0 Å². The van der Waals surface area contributed by atoms with Crippen molar-refractivity contribution >= 4 is 0 Å². The Morgan fingerprint density at radius 1 is 1.45 bits per heavy atom. The van der Waals surface area contributed by atoms with Crippen molar-refractivity contribution in [3.63, 3.8) is 0 Å². The predicted octanol–water partition coefficient (Wildman–Crippen LogP) is 1.48. The second-order valence-electron chi connectivity index (χ2n) is 3.12. The van der Waals surface area contributed by atoms with Crippen LogP contribution in [0.15, 0.2) is 0 Å². The zero-order valence-corrected chi connectivity index (χ0v) is 7.04. The molecule has 0 saturated heterocycles. The molecule has 0 radical (unpaired) electrons. The van der Waals surface area contributed by atoms with E-state index in [0.717, 1.165) is 18.3 Å². The molecule has 11 heavy (non-hydrogen) atoms. The molecule has 0 spiro atoms. The lowest BCUT2D eigenvalue weighted by Gasteiger charge is -2.02. The molecule has 60 valence electrons. The van der Waals surface area contributed by atoms with Gasteiger partial charge in [-0.15, -0.1) is 10.2 Å². The maximum Gasteiger partial charge on any atom is 0.136 e. The summed E-state index contributed by atoms with van der Waals surface area (Å²) in [4.78, 5) is 0. The predicted molar refractivity (Wildman–Crippen MR) is 42.4 cm³/mol. The summed E-state index contributed by atoms with van der Waals surface area (Å²) in [6, 6.07) is 0. The average Bonchev–Trinajstić information content (AvgIpc) is 2.76. The summed E-state index contributed by atoms with van der Waals surface area (Å²) in [7, 11) is 0. The van der Waals surface area contributed by atoms with E-state index >= 15 is 0 Å². The molecule has 1 aliphatic carbocycles. The topological polar surface area (TPSA) is 30.7 Å². The molecule has 0 amide bonds. The second kappa shape index (κ2) is 2.32. The Hall–Kier alpha value is -0.860. The van der Waals surface area contributed by atoms with Crippen LogP contribution in [0.1, 0.15) is 37.3 Å². The number of hydrogen-bond donors (Lipinski definition) is 0. The third-order valence-corrected chi connectivity index (χ3v) is 2.22. The lowest BCUT2D eigenvalue weighted by atomic mass is 10.4. The largest absolute Gasteiger partial charge is 0.315 e. The Labute approximate surface area is 66.4 Å². The fraction of sp³-hybridized carbons (Fsp3) is 0.750. The number of hydrogen-bond acceptors (Lipinski definition) is 2. The molecule has 1 aromatic rings. The first-order valence-electron chi connectivity index (χ1n) is 4.22. The van der Waals surface area contributed by atoms with E-state index < -0.39 is 0 Å². The molecule has 0 bridgehead atoms. The van der Waals surface area contributed by atoms with E-state index in [2.05, 4.69) is 21.7 Å². The molecule has 0 atom stereocenters. The van der Waals surface area contributed by atoms with Crippen molar-refractivity contribution in [3.8, 4) is 0 Å². The van der Waals surface area contributed by atoms with Crippen LogP contribution in [-0.2, 0) is 6.54 Å². The van der Waals surface area contributed by atoms with Gasteiger partial charge in [0.05, 0.1) is 0 Å². The Bertz CT molecular complexity index is 260. The molecule has 0 unspecified atom stereocenters. The van der Waals surface area contributed by atoms with Crippen molar-refractivity contribution in [1.29, 1.82) is 0 Å². The summed E-state index contributed by atoms with van der Waals surface area (Å²) in [6.07, 6.45) is 2.61. The summed E-state index contributed by atoms with van der Waals surface area (Å²) < 4.78 is 2.21. The van der Waals surface area contributed by atoms with Crippen LogP contribution in [0.2, 0.25) is 0 Å². The van der Waals surface area contributed by atoms with Gasteiger partial charge in [0, 0.05) is 12.5 Å². The van der Waals surface area contributed by atoms with Crippen LogP contribution < -0.4 is 0 Å².